The van der Waals surface area contributed by atoms with Crippen LogP contribution in [0.5, 0.6) is 0 Å². The summed E-state index contributed by atoms with van der Waals surface area (Å²) in [5.74, 6) is 0.417. The molecule has 14 atom stereocenters. The zero-order chi connectivity index (χ0) is 44.6. The second-order valence-corrected chi connectivity index (χ2v) is 18.2. The van der Waals surface area contributed by atoms with Gasteiger partial charge in [-0.3, -0.25) is 29.1 Å². The number of nitrogens with zero attached hydrogens (tertiary/aromatic N) is 4. The van der Waals surface area contributed by atoms with Crippen LogP contribution in [-0.2, 0) is 42.9 Å². The minimum absolute atomic E-state index is 0.0212. The summed E-state index contributed by atoms with van der Waals surface area (Å²) >= 11 is 0. The van der Waals surface area contributed by atoms with Gasteiger partial charge in [-0.1, -0.05) is 50.9 Å². The Morgan fingerprint density at radius 1 is 1.08 bits per heavy atom. The number of esters is 2. The van der Waals surface area contributed by atoms with E-state index in [-0.39, 0.29) is 49.7 Å². The topological polar surface area (TPSA) is 180 Å². The van der Waals surface area contributed by atoms with Crippen molar-refractivity contribution in [3.8, 4) is 23.2 Å². The molecule has 0 aromatic carbocycles. The number of likely N-dealkylation sites (tertiary alicyclic amines) is 1. The molecule has 2 aromatic heterocycles. The number of hydrogen-bond donors (Lipinski definition) is 1. The van der Waals surface area contributed by atoms with E-state index >= 15 is 4.79 Å². The number of carbonyl (C=O) groups excluding carboxylic acids is 4. The lowest BCUT2D eigenvalue weighted by atomic mass is 9.62. The molecule has 61 heavy (non-hydrogen) atoms. The van der Waals surface area contributed by atoms with Crippen molar-refractivity contribution in [2.45, 2.75) is 129 Å². The Balaban J connectivity index is 1.44. The summed E-state index contributed by atoms with van der Waals surface area (Å²) in [5.41, 5.74) is -2.92. The quantitative estimate of drug-likeness (QED) is 0.164. The van der Waals surface area contributed by atoms with Gasteiger partial charge in [0, 0.05) is 54.6 Å². The van der Waals surface area contributed by atoms with Gasteiger partial charge in [0.15, 0.2) is 17.7 Å². The summed E-state index contributed by atoms with van der Waals surface area (Å²) < 4.78 is 37.6. The van der Waals surface area contributed by atoms with Crippen LogP contribution in [-0.4, -0.2) is 136 Å². The monoisotopic (exact) mass is 846 g/mol. The molecule has 332 valence electrons. The number of aliphatic hydroxyl groups excluding tert-OH is 1. The molecule has 4 aliphatic heterocycles. The number of carbonyl (C=O) groups is 4. The molecule has 0 amide bonds. The van der Waals surface area contributed by atoms with E-state index in [2.05, 4.69) is 28.6 Å². The fourth-order valence-corrected chi connectivity index (χ4v) is 10.5. The van der Waals surface area contributed by atoms with Crippen molar-refractivity contribution < 1.29 is 52.5 Å². The first-order chi connectivity index (χ1) is 28.8. The van der Waals surface area contributed by atoms with Crippen LogP contribution in [0.15, 0.2) is 47.6 Å². The predicted molar refractivity (Wildman–Crippen MR) is 222 cm³/mol. The zero-order valence-electron chi connectivity index (χ0n) is 37.1. The number of cyclic esters (lactones) is 1. The highest BCUT2D eigenvalue weighted by molar-refractivity contribution is 6.00. The molecule has 0 unspecified atom stereocenters. The van der Waals surface area contributed by atoms with Crippen molar-refractivity contribution in [1.29, 1.82) is 0 Å². The largest absolute Gasteiger partial charge is 0.458 e. The summed E-state index contributed by atoms with van der Waals surface area (Å²) in [7, 11) is 3.72. The van der Waals surface area contributed by atoms with Crippen molar-refractivity contribution in [2.75, 3.05) is 33.8 Å². The molecular weight excluding hydrogens is 785 g/mol. The smallest absolute Gasteiger partial charge is 0.324 e. The lowest BCUT2D eigenvalue weighted by Gasteiger charge is -2.48. The van der Waals surface area contributed by atoms with E-state index in [0.29, 0.717) is 24.4 Å². The second-order valence-electron chi connectivity index (χ2n) is 18.2. The molecule has 0 bridgehead atoms. The number of ketones is 2. The lowest BCUT2D eigenvalue weighted by molar-refractivity contribution is -0.296. The van der Waals surface area contributed by atoms with E-state index in [1.54, 1.807) is 58.2 Å². The van der Waals surface area contributed by atoms with Crippen LogP contribution in [0.25, 0.3) is 11.4 Å². The highest BCUT2D eigenvalue weighted by atomic mass is 16.7. The first-order valence-corrected chi connectivity index (χ1v) is 21.3. The highest BCUT2D eigenvalue weighted by Crippen LogP contribution is 2.56. The van der Waals surface area contributed by atoms with Crippen LogP contribution in [0.2, 0.25) is 0 Å². The maximum absolute atomic E-state index is 15.3. The molecule has 6 rings (SSSR count). The fourth-order valence-electron chi connectivity index (χ4n) is 10.5. The van der Waals surface area contributed by atoms with E-state index in [9.17, 15) is 19.5 Å². The van der Waals surface area contributed by atoms with Gasteiger partial charge in [-0.15, -0.1) is 6.58 Å². The molecule has 4 saturated heterocycles. The van der Waals surface area contributed by atoms with Gasteiger partial charge in [-0.2, -0.15) is 0 Å². The van der Waals surface area contributed by atoms with Crippen LogP contribution >= 0.6 is 0 Å². The molecule has 0 aliphatic carbocycles. The van der Waals surface area contributed by atoms with E-state index in [1.807, 2.05) is 50.7 Å². The standard InChI is InChI=1S/C46H62N4O11/c1-12-20-50-25-44(7)38-35(50)42(55)60-46(38,9)34(13-2)58-41(54)29(6)36(51)28(5)40(59-43-37(52)33(49(10)11)22-27(4)57-43)45(8,24-26(3)39(44)53)56-21-16-17-30-23-32(48-61-30)31-18-14-15-19-47-31/h12,14-15,18-19,23,26-29,33-35,37-38,40,43,52H,1,13,20-22,24-25H2,2-11H3/t26-,27-,28+,29-,33+,34-,35-,37-,38-,40-,43+,44-,45+,46-/m1/s1. The molecule has 15 nitrogen and oxygen atoms in total. The average molecular weight is 847 g/mol. The van der Waals surface area contributed by atoms with Gasteiger partial charge in [-0.25, -0.2) is 0 Å². The van der Waals surface area contributed by atoms with Gasteiger partial charge in [0.1, 0.15) is 42.3 Å². The molecule has 4 aliphatic rings. The Hall–Kier alpha value is -4.30. The van der Waals surface area contributed by atoms with Gasteiger partial charge in [0.25, 0.3) is 0 Å². The maximum Gasteiger partial charge on any atom is 0.324 e. The number of Topliss-reactive ketones (excluding diaryl/α,β-unsaturated/α-hetero) is 2. The molecule has 0 radical (unpaired) electrons. The first-order valence-electron chi connectivity index (χ1n) is 21.3. The van der Waals surface area contributed by atoms with E-state index in [0.717, 1.165) is 0 Å². The third-order valence-electron chi connectivity index (χ3n) is 13.4. The third-order valence-corrected chi connectivity index (χ3v) is 13.4. The Morgan fingerprint density at radius 3 is 2.48 bits per heavy atom. The average Bonchev–Trinajstić information content (AvgIpc) is 3.91. The van der Waals surface area contributed by atoms with Gasteiger partial charge in [0.2, 0.25) is 5.76 Å². The van der Waals surface area contributed by atoms with Crippen LogP contribution in [0.4, 0.5) is 0 Å². The number of ether oxygens (including phenoxy) is 5. The molecule has 2 aromatic rings. The second kappa shape index (κ2) is 18.2. The lowest BCUT2D eigenvalue weighted by Crippen LogP contribution is -2.60. The van der Waals surface area contributed by atoms with Crippen LogP contribution in [0.1, 0.15) is 80.4 Å². The van der Waals surface area contributed by atoms with Crippen molar-refractivity contribution in [3.05, 3.63) is 48.9 Å². The van der Waals surface area contributed by atoms with E-state index in [1.165, 1.54) is 6.92 Å². The molecule has 1 N–H and O–H groups in total. The van der Waals surface area contributed by atoms with Crippen molar-refractivity contribution in [2.24, 2.45) is 29.1 Å². The maximum atomic E-state index is 15.3. The molecule has 0 spiro atoms. The predicted octanol–water partition coefficient (Wildman–Crippen LogP) is 4.25. The summed E-state index contributed by atoms with van der Waals surface area (Å²) in [6.07, 6.45) is -0.648. The first kappa shape index (κ1) is 46.2. The fraction of sp³-hybridized carbons (Fsp3) is 0.652. The molecular formula is C46H62N4O11. The van der Waals surface area contributed by atoms with Gasteiger partial charge in [0.05, 0.1) is 23.5 Å². The Kier molecular flexibility index (Phi) is 13.8. The SMILES string of the molecule is C=CCN1C[C@@]2(C)C(=O)[C@H](C)C[C@](C)(OCC#Cc3cc(-c4ccccn4)no3)[C@H](O[C@@H]3O[C@H](C)C[C@H](N(C)C)[C@H]3O)[C@@H](C)C(=O)[C@@H](C)C(=O)O[C@H](CC)[C@@]3(C)OC(=O)[C@H]1[C@@H]32. The molecule has 6 heterocycles. The molecule has 0 saturated carbocycles. The summed E-state index contributed by atoms with van der Waals surface area (Å²) in [4.78, 5) is 66.0. The Bertz CT molecular complexity index is 2010. The summed E-state index contributed by atoms with van der Waals surface area (Å²) in [6.45, 7) is 18.2. The minimum Gasteiger partial charge on any atom is -0.458 e. The van der Waals surface area contributed by atoms with Crippen molar-refractivity contribution in [1.82, 2.24) is 19.9 Å². The van der Waals surface area contributed by atoms with Crippen LogP contribution in [0.3, 0.4) is 0 Å². The van der Waals surface area contributed by atoms with Crippen LogP contribution in [0, 0.1) is 40.9 Å². The highest BCUT2D eigenvalue weighted by Gasteiger charge is 2.71. The minimum atomic E-state index is -1.48. The van der Waals surface area contributed by atoms with Gasteiger partial charge in [-0.05, 0) is 79.1 Å². The third kappa shape index (κ3) is 8.85. The van der Waals surface area contributed by atoms with Gasteiger partial charge < -0.3 is 38.2 Å². The zero-order valence-corrected chi connectivity index (χ0v) is 37.1. The van der Waals surface area contributed by atoms with Crippen molar-refractivity contribution in [3.63, 3.8) is 0 Å². The summed E-state index contributed by atoms with van der Waals surface area (Å²) in [5, 5.41) is 15.8. The van der Waals surface area contributed by atoms with Crippen molar-refractivity contribution >= 4 is 23.5 Å². The number of rotatable bonds is 9. The number of aromatic nitrogens is 2. The number of aliphatic hydroxyl groups is 1. The number of hydrogen-bond acceptors (Lipinski definition) is 15. The Morgan fingerprint density at radius 2 is 1.82 bits per heavy atom. The summed E-state index contributed by atoms with van der Waals surface area (Å²) in [6, 6.07) is 5.96. The van der Waals surface area contributed by atoms with Crippen LogP contribution < -0.4 is 0 Å². The number of pyridine rings is 1. The normalized spacial score (nSPS) is 38.6. The van der Waals surface area contributed by atoms with E-state index in [4.69, 9.17) is 28.2 Å². The van der Waals surface area contributed by atoms with E-state index < -0.39 is 88.7 Å². The molecule has 4 fully saturated rings. The Labute approximate surface area is 358 Å². The molecule has 15 heteroatoms. The number of likely N-dealkylation sites (N-methyl/N-ethyl adjacent to an activating group) is 1. The van der Waals surface area contributed by atoms with Gasteiger partial charge >= 0.3 is 11.9 Å².